The van der Waals surface area contributed by atoms with Crippen LogP contribution in [0.15, 0.2) is 48.8 Å². The van der Waals surface area contributed by atoms with Crippen LogP contribution >= 0.6 is 0 Å². The predicted molar refractivity (Wildman–Crippen MR) is 73.0 cm³/mol. The van der Waals surface area contributed by atoms with Gasteiger partial charge in [-0.2, -0.15) is 0 Å². The highest BCUT2D eigenvalue weighted by molar-refractivity contribution is 6.08. The Morgan fingerprint density at radius 2 is 1.94 bits per heavy atom. The van der Waals surface area contributed by atoms with Gasteiger partial charge in [-0.05, 0) is 24.3 Å². The first kappa shape index (κ1) is 12.1. The molecule has 92 valence electrons. The van der Waals surface area contributed by atoms with Gasteiger partial charge in [0, 0.05) is 26.0 Å². The van der Waals surface area contributed by atoms with Crippen LogP contribution in [0, 0.1) is 0 Å². The van der Waals surface area contributed by atoms with Gasteiger partial charge in [-0.15, -0.1) is 0 Å². The number of amides is 1. The molecule has 0 saturated heterocycles. The minimum atomic E-state index is -0.132. The molecule has 4 nitrogen and oxygen atoms in total. The molecule has 0 fully saturated rings. The molecule has 4 heteroatoms. The summed E-state index contributed by atoms with van der Waals surface area (Å²) in [6.07, 6.45) is 3.29. The Bertz CT molecular complexity index is 538. The summed E-state index contributed by atoms with van der Waals surface area (Å²) in [7, 11) is 3.83. The summed E-state index contributed by atoms with van der Waals surface area (Å²) in [4.78, 5) is 18.1. The Morgan fingerprint density at radius 3 is 2.61 bits per heavy atom. The Kier molecular flexibility index (Phi) is 3.57. The fourth-order valence-corrected chi connectivity index (χ4v) is 1.69. The van der Waals surface area contributed by atoms with E-state index in [4.69, 9.17) is 0 Å². The van der Waals surface area contributed by atoms with E-state index in [-0.39, 0.29) is 5.91 Å². The van der Waals surface area contributed by atoms with Crippen LogP contribution in [0.2, 0.25) is 0 Å². The van der Waals surface area contributed by atoms with Crippen molar-refractivity contribution in [1.29, 1.82) is 0 Å². The molecular weight excluding hydrogens is 226 g/mol. The van der Waals surface area contributed by atoms with Crippen LogP contribution in [-0.2, 0) is 0 Å². The minimum Gasteiger partial charge on any atom is -0.377 e. The highest BCUT2D eigenvalue weighted by Gasteiger charge is 2.12. The zero-order valence-corrected chi connectivity index (χ0v) is 10.4. The van der Waals surface area contributed by atoms with E-state index < -0.39 is 0 Å². The van der Waals surface area contributed by atoms with E-state index in [9.17, 15) is 4.79 Å². The summed E-state index contributed by atoms with van der Waals surface area (Å²) in [6.45, 7) is 0. The van der Waals surface area contributed by atoms with Gasteiger partial charge in [0.15, 0.2) is 0 Å². The number of aromatic nitrogens is 1. The molecule has 1 N–H and O–H groups in total. The fourth-order valence-electron chi connectivity index (χ4n) is 1.69. The second-order valence-corrected chi connectivity index (χ2v) is 4.11. The van der Waals surface area contributed by atoms with E-state index in [1.807, 2.05) is 43.3 Å². The molecule has 1 aromatic carbocycles. The fraction of sp³-hybridized carbons (Fsp3) is 0.143. The largest absolute Gasteiger partial charge is 0.377 e. The van der Waals surface area contributed by atoms with Crippen molar-refractivity contribution >= 4 is 17.3 Å². The number of hydrogen-bond acceptors (Lipinski definition) is 3. The molecule has 0 aliphatic rings. The van der Waals surface area contributed by atoms with Crippen molar-refractivity contribution in [2.24, 2.45) is 0 Å². The average molecular weight is 241 g/mol. The molecule has 1 heterocycles. The number of pyridine rings is 1. The summed E-state index contributed by atoms with van der Waals surface area (Å²) < 4.78 is 0. The van der Waals surface area contributed by atoms with Crippen LogP contribution in [0.5, 0.6) is 0 Å². The minimum absolute atomic E-state index is 0.132. The third kappa shape index (κ3) is 2.66. The number of benzene rings is 1. The highest BCUT2D eigenvalue weighted by Crippen LogP contribution is 2.19. The van der Waals surface area contributed by atoms with Crippen molar-refractivity contribution in [2.75, 3.05) is 24.3 Å². The van der Waals surface area contributed by atoms with Crippen molar-refractivity contribution in [1.82, 2.24) is 4.98 Å². The lowest BCUT2D eigenvalue weighted by molar-refractivity contribution is 0.102. The van der Waals surface area contributed by atoms with Crippen molar-refractivity contribution in [3.05, 3.63) is 54.4 Å². The van der Waals surface area contributed by atoms with E-state index in [1.165, 1.54) is 0 Å². The smallest absolute Gasteiger partial charge is 0.257 e. The van der Waals surface area contributed by atoms with Crippen LogP contribution in [0.3, 0.4) is 0 Å². The Labute approximate surface area is 106 Å². The first-order valence-electron chi connectivity index (χ1n) is 5.66. The molecule has 0 bridgehead atoms. The maximum Gasteiger partial charge on any atom is 0.257 e. The molecule has 18 heavy (non-hydrogen) atoms. The summed E-state index contributed by atoms with van der Waals surface area (Å²) in [5, 5.41) is 2.83. The molecule has 0 spiro atoms. The van der Waals surface area contributed by atoms with Crippen molar-refractivity contribution in [3.8, 4) is 0 Å². The second kappa shape index (κ2) is 5.31. The molecule has 1 amide bonds. The topological polar surface area (TPSA) is 45.2 Å². The summed E-state index contributed by atoms with van der Waals surface area (Å²) in [5.41, 5.74) is 2.22. The summed E-state index contributed by atoms with van der Waals surface area (Å²) >= 11 is 0. The predicted octanol–water partition coefficient (Wildman–Crippen LogP) is 2.40. The maximum atomic E-state index is 12.2. The quantitative estimate of drug-likeness (QED) is 0.897. The number of nitrogens with one attached hydrogen (secondary N) is 1. The number of carbonyl (C=O) groups is 1. The third-order valence-corrected chi connectivity index (χ3v) is 2.55. The molecule has 1 aromatic heterocycles. The van der Waals surface area contributed by atoms with Gasteiger partial charge in [-0.3, -0.25) is 9.78 Å². The number of anilines is 2. The number of hydrogen-bond donors (Lipinski definition) is 1. The maximum absolute atomic E-state index is 12.2. The van der Waals surface area contributed by atoms with Gasteiger partial charge in [0.05, 0.1) is 17.4 Å². The van der Waals surface area contributed by atoms with Crippen LogP contribution in [0.4, 0.5) is 11.4 Å². The molecule has 0 saturated carbocycles. The number of carbonyl (C=O) groups excluding carboxylic acids is 1. The molecule has 0 radical (unpaired) electrons. The van der Waals surface area contributed by atoms with Crippen molar-refractivity contribution in [3.63, 3.8) is 0 Å². The van der Waals surface area contributed by atoms with Crippen LogP contribution in [0.1, 0.15) is 10.4 Å². The Balaban J connectivity index is 2.24. The number of rotatable bonds is 3. The molecule has 0 aliphatic heterocycles. The second-order valence-electron chi connectivity index (χ2n) is 4.11. The Morgan fingerprint density at radius 1 is 1.17 bits per heavy atom. The summed E-state index contributed by atoms with van der Waals surface area (Å²) in [6, 6.07) is 11.1. The SMILES string of the molecule is CN(C)c1ccccc1C(=O)Nc1cccnc1. The molecule has 0 unspecified atom stereocenters. The van der Waals surface area contributed by atoms with Gasteiger partial charge in [0.2, 0.25) is 0 Å². The lowest BCUT2D eigenvalue weighted by Crippen LogP contribution is -2.18. The lowest BCUT2D eigenvalue weighted by Gasteiger charge is -2.16. The van der Waals surface area contributed by atoms with Gasteiger partial charge < -0.3 is 10.2 Å². The van der Waals surface area contributed by atoms with Gasteiger partial charge in [0.25, 0.3) is 5.91 Å². The van der Waals surface area contributed by atoms with Gasteiger partial charge in [0.1, 0.15) is 0 Å². The molecule has 0 atom stereocenters. The lowest BCUT2D eigenvalue weighted by atomic mass is 10.1. The van der Waals surface area contributed by atoms with E-state index in [2.05, 4.69) is 10.3 Å². The molecule has 0 aliphatic carbocycles. The third-order valence-electron chi connectivity index (χ3n) is 2.55. The van der Waals surface area contributed by atoms with E-state index >= 15 is 0 Å². The average Bonchev–Trinajstić information content (AvgIpc) is 2.40. The monoisotopic (exact) mass is 241 g/mol. The van der Waals surface area contributed by atoms with E-state index in [0.717, 1.165) is 5.69 Å². The Hall–Kier alpha value is -2.36. The summed E-state index contributed by atoms with van der Waals surface area (Å²) in [5.74, 6) is -0.132. The van der Waals surface area contributed by atoms with Crippen molar-refractivity contribution < 1.29 is 4.79 Å². The first-order valence-corrected chi connectivity index (χ1v) is 5.66. The highest BCUT2D eigenvalue weighted by atomic mass is 16.1. The zero-order chi connectivity index (χ0) is 13.0. The zero-order valence-electron chi connectivity index (χ0n) is 10.4. The van der Waals surface area contributed by atoms with E-state index in [1.54, 1.807) is 24.5 Å². The van der Waals surface area contributed by atoms with Crippen LogP contribution in [0.25, 0.3) is 0 Å². The standard InChI is InChI=1S/C14H15N3O/c1-17(2)13-8-4-3-7-12(13)14(18)16-11-6-5-9-15-10-11/h3-10H,1-2H3,(H,16,18). The molecule has 2 aromatic rings. The molecule has 2 rings (SSSR count). The first-order chi connectivity index (χ1) is 8.68. The van der Waals surface area contributed by atoms with Gasteiger partial charge in [-0.1, -0.05) is 12.1 Å². The normalized spacial score (nSPS) is 9.89. The van der Waals surface area contributed by atoms with Gasteiger partial charge >= 0.3 is 0 Å². The van der Waals surface area contributed by atoms with Crippen molar-refractivity contribution in [2.45, 2.75) is 0 Å². The van der Waals surface area contributed by atoms with Crippen LogP contribution < -0.4 is 10.2 Å². The number of nitrogens with zero attached hydrogens (tertiary/aromatic N) is 2. The van der Waals surface area contributed by atoms with Crippen LogP contribution in [-0.4, -0.2) is 25.0 Å². The molecular formula is C14H15N3O. The van der Waals surface area contributed by atoms with E-state index in [0.29, 0.717) is 11.3 Å². The number of para-hydroxylation sites is 1. The van der Waals surface area contributed by atoms with Gasteiger partial charge in [-0.25, -0.2) is 0 Å².